The Morgan fingerprint density at radius 3 is 2.78 bits per heavy atom. The number of aromatic nitrogens is 2. The first-order valence-electron chi connectivity index (χ1n) is 7.16. The predicted octanol–water partition coefficient (Wildman–Crippen LogP) is 3.36. The molecule has 0 saturated heterocycles. The van der Waals surface area contributed by atoms with Crippen molar-refractivity contribution in [1.82, 2.24) is 15.3 Å². The Balaban J connectivity index is 2.14. The topological polar surface area (TPSA) is 37.8 Å². The molecule has 3 heteroatoms. The van der Waals surface area contributed by atoms with Crippen LogP contribution in [0.25, 0.3) is 0 Å². The molecule has 18 heavy (non-hydrogen) atoms. The van der Waals surface area contributed by atoms with Crippen molar-refractivity contribution in [2.75, 3.05) is 7.05 Å². The van der Waals surface area contributed by atoms with Gasteiger partial charge in [-0.3, -0.25) is 0 Å². The molecule has 3 nitrogen and oxygen atoms in total. The standard InChI is InChI=1S/C15H25N3/c1-5-12-6-7-13(8-12)15-17-9-14(10(2)16-4)11(3)18-15/h9-10,12-13,16H,5-8H2,1-4H3. The minimum absolute atomic E-state index is 0.325. The predicted molar refractivity (Wildman–Crippen MR) is 74.6 cm³/mol. The van der Waals surface area contributed by atoms with Crippen molar-refractivity contribution >= 4 is 0 Å². The van der Waals surface area contributed by atoms with E-state index in [2.05, 4.69) is 31.1 Å². The normalized spacial score (nSPS) is 25.3. The monoisotopic (exact) mass is 247 g/mol. The Morgan fingerprint density at radius 2 is 2.22 bits per heavy atom. The van der Waals surface area contributed by atoms with E-state index in [0.717, 1.165) is 17.4 Å². The molecule has 1 aliphatic carbocycles. The van der Waals surface area contributed by atoms with Gasteiger partial charge in [-0.25, -0.2) is 9.97 Å². The van der Waals surface area contributed by atoms with Crippen molar-refractivity contribution in [3.63, 3.8) is 0 Å². The van der Waals surface area contributed by atoms with Crippen molar-refractivity contribution < 1.29 is 0 Å². The van der Waals surface area contributed by atoms with Gasteiger partial charge in [0, 0.05) is 29.4 Å². The van der Waals surface area contributed by atoms with E-state index >= 15 is 0 Å². The van der Waals surface area contributed by atoms with Gasteiger partial charge in [0.1, 0.15) is 5.82 Å². The third-order valence-electron chi connectivity index (χ3n) is 4.42. The van der Waals surface area contributed by atoms with Crippen molar-refractivity contribution in [1.29, 1.82) is 0 Å². The number of hydrogen-bond acceptors (Lipinski definition) is 3. The molecule has 1 fully saturated rings. The second-order valence-electron chi connectivity index (χ2n) is 5.56. The summed E-state index contributed by atoms with van der Waals surface area (Å²) in [5.41, 5.74) is 2.34. The molecule has 3 atom stereocenters. The average molecular weight is 247 g/mol. The summed E-state index contributed by atoms with van der Waals surface area (Å²) < 4.78 is 0. The van der Waals surface area contributed by atoms with Gasteiger partial charge in [0.25, 0.3) is 0 Å². The van der Waals surface area contributed by atoms with E-state index in [9.17, 15) is 0 Å². The molecular formula is C15H25N3. The molecule has 1 aliphatic rings. The highest BCUT2D eigenvalue weighted by molar-refractivity contribution is 5.21. The van der Waals surface area contributed by atoms with Crippen LogP contribution in [0, 0.1) is 12.8 Å². The number of nitrogens with zero attached hydrogens (tertiary/aromatic N) is 2. The lowest BCUT2D eigenvalue weighted by Gasteiger charge is -2.15. The molecule has 1 N–H and O–H groups in total. The fourth-order valence-electron chi connectivity index (χ4n) is 2.95. The number of rotatable bonds is 4. The van der Waals surface area contributed by atoms with Gasteiger partial charge in [0.2, 0.25) is 0 Å². The van der Waals surface area contributed by atoms with Crippen molar-refractivity contribution in [3.05, 3.63) is 23.3 Å². The third kappa shape index (κ3) is 2.72. The maximum atomic E-state index is 4.74. The van der Waals surface area contributed by atoms with Crippen molar-refractivity contribution in [2.24, 2.45) is 5.92 Å². The molecule has 0 bridgehead atoms. The molecule has 0 spiro atoms. The molecule has 1 aromatic rings. The van der Waals surface area contributed by atoms with Crippen LogP contribution in [0.2, 0.25) is 0 Å². The van der Waals surface area contributed by atoms with Gasteiger partial charge in [0.05, 0.1) is 0 Å². The van der Waals surface area contributed by atoms with Crippen LogP contribution in [0.15, 0.2) is 6.20 Å². The van der Waals surface area contributed by atoms with E-state index < -0.39 is 0 Å². The van der Waals surface area contributed by atoms with Gasteiger partial charge in [-0.2, -0.15) is 0 Å². The van der Waals surface area contributed by atoms with Crippen LogP contribution in [0.4, 0.5) is 0 Å². The smallest absolute Gasteiger partial charge is 0.131 e. The molecule has 0 amide bonds. The van der Waals surface area contributed by atoms with Crippen LogP contribution in [0.1, 0.15) is 68.6 Å². The molecule has 0 aromatic carbocycles. The molecule has 0 aliphatic heterocycles. The molecule has 0 radical (unpaired) electrons. The minimum Gasteiger partial charge on any atom is -0.313 e. The summed E-state index contributed by atoms with van der Waals surface area (Å²) in [5, 5.41) is 3.25. The van der Waals surface area contributed by atoms with Gasteiger partial charge in [0.15, 0.2) is 0 Å². The Morgan fingerprint density at radius 1 is 1.44 bits per heavy atom. The van der Waals surface area contributed by atoms with Crippen LogP contribution in [0.3, 0.4) is 0 Å². The zero-order valence-corrected chi connectivity index (χ0v) is 12.0. The fraction of sp³-hybridized carbons (Fsp3) is 0.733. The molecule has 2 rings (SSSR count). The highest BCUT2D eigenvalue weighted by Gasteiger charge is 2.27. The summed E-state index contributed by atoms with van der Waals surface area (Å²) in [4.78, 5) is 9.35. The van der Waals surface area contributed by atoms with E-state index in [1.165, 1.54) is 31.2 Å². The van der Waals surface area contributed by atoms with E-state index in [-0.39, 0.29) is 0 Å². The van der Waals surface area contributed by atoms with E-state index in [1.54, 1.807) is 0 Å². The fourth-order valence-corrected chi connectivity index (χ4v) is 2.95. The molecule has 3 unspecified atom stereocenters. The minimum atomic E-state index is 0.325. The second-order valence-corrected chi connectivity index (χ2v) is 5.56. The van der Waals surface area contributed by atoms with Crippen molar-refractivity contribution in [2.45, 2.75) is 58.4 Å². The first-order valence-corrected chi connectivity index (χ1v) is 7.16. The summed E-state index contributed by atoms with van der Waals surface area (Å²) in [7, 11) is 1.97. The number of nitrogens with one attached hydrogen (secondary N) is 1. The van der Waals surface area contributed by atoms with E-state index in [0.29, 0.717) is 12.0 Å². The van der Waals surface area contributed by atoms with Crippen LogP contribution < -0.4 is 5.32 Å². The molecular weight excluding hydrogens is 222 g/mol. The largest absolute Gasteiger partial charge is 0.313 e. The first kappa shape index (κ1) is 13.5. The zero-order valence-electron chi connectivity index (χ0n) is 12.0. The average Bonchev–Trinajstić information content (AvgIpc) is 2.86. The van der Waals surface area contributed by atoms with Gasteiger partial charge in [-0.05, 0) is 46.1 Å². The SMILES string of the molecule is CCC1CCC(c2ncc(C(C)NC)c(C)n2)C1. The molecule has 1 aromatic heterocycles. The Bertz CT molecular complexity index is 403. The summed E-state index contributed by atoms with van der Waals surface area (Å²) >= 11 is 0. The van der Waals surface area contributed by atoms with Crippen LogP contribution in [0.5, 0.6) is 0 Å². The molecule has 1 saturated carbocycles. The van der Waals surface area contributed by atoms with Gasteiger partial charge < -0.3 is 5.32 Å². The Labute approximate surface area is 110 Å². The highest BCUT2D eigenvalue weighted by atomic mass is 14.9. The first-order chi connectivity index (χ1) is 8.65. The quantitative estimate of drug-likeness (QED) is 0.886. The summed E-state index contributed by atoms with van der Waals surface area (Å²) in [5.74, 6) is 2.54. The van der Waals surface area contributed by atoms with E-state index in [4.69, 9.17) is 4.98 Å². The summed E-state index contributed by atoms with van der Waals surface area (Å²) in [6.45, 7) is 6.53. The number of hydrogen-bond donors (Lipinski definition) is 1. The summed E-state index contributed by atoms with van der Waals surface area (Å²) in [6.07, 6.45) is 7.19. The Kier molecular flexibility index (Phi) is 4.33. The highest BCUT2D eigenvalue weighted by Crippen LogP contribution is 2.38. The maximum absolute atomic E-state index is 4.74. The summed E-state index contributed by atoms with van der Waals surface area (Å²) in [6, 6.07) is 0.325. The van der Waals surface area contributed by atoms with Crippen LogP contribution in [-0.2, 0) is 0 Å². The van der Waals surface area contributed by atoms with Crippen LogP contribution in [-0.4, -0.2) is 17.0 Å². The van der Waals surface area contributed by atoms with Gasteiger partial charge in [-0.15, -0.1) is 0 Å². The zero-order chi connectivity index (χ0) is 13.1. The Hall–Kier alpha value is -0.960. The van der Waals surface area contributed by atoms with Gasteiger partial charge in [-0.1, -0.05) is 13.3 Å². The number of aryl methyl sites for hydroxylation is 1. The molecule has 100 valence electrons. The lowest BCUT2D eigenvalue weighted by molar-refractivity contribution is 0.515. The second kappa shape index (κ2) is 5.79. The lowest BCUT2D eigenvalue weighted by Crippen LogP contribution is -2.16. The van der Waals surface area contributed by atoms with Crippen LogP contribution >= 0.6 is 0 Å². The third-order valence-corrected chi connectivity index (χ3v) is 4.42. The van der Waals surface area contributed by atoms with Crippen molar-refractivity contribution in [3.8, 4) is 0 Å². The van der Waals surface area contributed by atoms with Gasteiger partial charge >= 0.3 is 0 Å². The molecule has 1 heterocycles. The lowest BCUT2D eigenvalue weighted by atomic mass is 10.0. The maximum Gasteiger partial charge on any atom is 0.131 e. The van der Waals surface area contributed by atoms with E-state index in [1.807, 2.05) is 13.2 Å².